The van der Waals surface area contributed by atoms with E-state index in [-0.39, 0.29) is 6.42 Å². The van der Waals surface area contributed by atoms with Gasteiger partial charge in [-0.3, -0.25) is 4.79 Å². The van der Waals surface area contributed by atoms with Crippen molar-refractivity contribution in [2.45, 2.75) is 12.5 Å². The van der Waals surface area contributed by atoms with Gasteiger partial charge >= 0.3 is 5.97 Å². The van der Waals surface area contributed by atoms with E-state index in [1.165, 1.54) is 0 Å². The zero-order valence-corrected chi connectivity index (χ0v) is 11.0. The molecule has 0 aliphatic rings. The summed E-state index contributed by atoms with van der Waals surface area (Å²) in [6, 6.07) is 6.77. The smallest absolute Gasteiger partial charge is 0.320 e. The van der Waals surface area contributed by atoms with Crippen LogP contribution in [0.25, 0.3) is 11.3 Å². The SMILES string of the molecule is NC(Cc1ncc(-c2ccccc2Br)[nH]1)C(=O)O. The topological polar surface area (TPSA) is 92.0 Å². The monoisotopic (exact) mass is 309 g/mol. The maximum absolute atomic E-state index is 10.7. The Kier molecular flexibility index (Phi) is 3.78. The van der Waals surface area contributed by atoms with Crippen molar-refractivity contribution in [3.63, 3.8) is 0 Å². The van der Waals surface area contributed by atoms with Crippen LogP contribution in [0.15, 0.2) is 34.9 Å². The molecule has 0 saturated heterocycles. The summed E-state index contributed by atoms with van der Waals surface area (Å²) < 4.78 is 0.947. The Hall–Kier alpha value is -1.66. The molecule has 94 valence electrons. The van der Waals surface area contributed by atoms with E-state index in [0.29, 0.717) is 5.82 Å². The van der Waals surface area contributed by atoms with Gasteiger partial charge in [-0.15, -0.1) is 0 Å². The summed E-state index contributed by atoms with van der Waals surface area (Å²) in [6.45, 7) is 0. The van der Waals surface area contributed by atoms with Gasteiger partial charge in [0.2, 0.25) is 0 Å². The zero-order chi connectivity index (χ0) is 13.1. The minimum absolute atomic E-state index is 0.180. The predicted molar refractivity (Wildman–Crippen MR) is 71.0 cm³/mol. The molecule has 0 aliphatic heterocycles. The lowest BCUT2D eigenvalue weighted by Crippen LogP contribution is -2.32. The fourth-order valence-electron chi connectivity index (χ4n) is 1.58. The average Bonchev–Trinajstić information content (AvgIpc) is 2.77. The lowest BCUT2D eigenvalue weighted by molar-refractivity contribution is -0.138. The quantitative estimate of drug-likeness (QED) is 0.803. The molecule has 1 atom stereocenters. The Morgan fingerprint density at radius 3 is 2.89 bits per heavy atom. The number of aliphatic carboxylic acids is 1. The molecule has 0 fully saturated rings. The minimum atomic E-state index is -1.03. The number of rotatable bonds is 4. The van der Waals surface area contributed by atoms with Crippen LogP contribution in [0, 0.1) is 0 Å². The van der Waals surface area contributed by atoms with Gasteiger partial charge in [-0.05, 0) is 6.07 Å². The largest absolute Gasteiger partial charge is 0.480 e. The normalized spacial score (nSPS) is 12.3. The fourth-order valence-corrected chi connectivity index (χ4v) is 2.08. The minimum Gasteiger partial charge on any atom is -0.480 e. The number of carboxylic acid groups (broad SMARTS) is 1. The lowest BCUT2D eigenvalue weighted by atomic mass is 10.2. The Bertz CT molecular complexity index is 568. The van der Waals surface area contributed by atoms with Crippen LogP contribution < -0.4 is 5.73 Å². The zero-order valence-electron chi connectivity index (χ0n) is 9.43. The van der Waals surface area contributed by atoms with Crippen molar-refractivity contribution in [1.29, 1.82) is 0 Å². The second-order valence-corrected chi connectivity index (χ2v) is 4.73. The summed E-state index contributed by atoms with van der Waals surface area (Å²) >= 11 is 3.45. The molecule has 2 aromatic rings. The molecule has 0 bridgehead atoms. The van der Waals surface area contributed by atoms with Gasteiger partial charge in [-0.25, -0.2) is 4.98 Å². The molecule has 0 aliphatic carbocycles. The molecule has 2 rings (SSSR count). The molecule has 0 saturated carbocycles. The Balaban J connectivity index is 2.21. The number of hydrogen-bond acceptors (Lipinski definition) is 3. The van der Waals surface area contributed by atoms with Crippen LogP contribution in [0.5, 0.6) is 0 Å². The molecule has 0 radical (unpaired) electrons. The number of aromatic amines is 1. The summed E-state index contributed by atoms with van der Waals surface area (Å²) in [6.07, 6.45) is 1.85. The van der Waals surface area contributed by atoms with Crippen molar-refractivity contribution >= 4 is 21.9 Å². The summed E-state index contributed by atoms with van der Waals surface area (Å²) in [5.74, 6) is -0.468. The predicted octanol–water partition coefficient (Wildman–Crippen LogP) is 1.79. The van der Waals surface area contributed by atoms with Gasteiger partial charge in [-0.1, -0.05) is 34.1 Å². The third-order valence-corrected chi connectivity index (χ3v) is 3.21. The number of nitrogens with two attached hydrogens (primary N) is 1. The highest BCUT2D eigenvalue weighted by molar-refractivity contribution is 9.10. The molecule has 1 heterocycles. The van der Waals surface area contributed by atoms with Crippen LogP contribution >= 0.6 is 15.9 Å². The first-order valence-electron chi connectivity index (χ1n) is 5.35. The van der Waals surface area contributed by atoms with Crippen molar-refractivity contribution in [3.05, 3.63) is 40.8 Å². The number of imidazole rings is 1. The number of nitrogens with one attached hydrogen (secondary N) is 1. The van der Waals surface area contributed by atoms with E-state index in [0.717, 1.165) is 15.7 Å². The third-order valence-electron chi connectivity index (χ3n) is 2.52. The van der Waals surface area contributed by atoms with Crippen LogP contribution in [0.2, 0.25) is 0 Å². The highest BCUT2D eigenvalue weighted by Crippen LogP contribution is 2.26. The molecular weight excluding hydrogens is 298 g/mol. The molecule has 5 nitrogen and oxygen atoms in total. The molecule has 4 N–H and O–H groups in total. The van der Waals surface area contributed by atoms with E-state index in [4.69, 9.17) is 10.8 Å². The first-order chi connectivity index (χ1) is 8.58. The van der Waals surface area contributed by atoms with Gasteiger partial charge in [0.15, 0.2) is 0 Å². The summed E-state index contributed by atoms with van der Waals surface area (Å²) in [4.78, 5) is 17.9. The number of carbonyl (C=O) groups is 1. The van der Waals surface area contributed by atoms with E-state index in [2.05, 4.69) is 25.9 Å². The number of H-pyrrole nitrogens is 1. The number of nitrogens with zero attached hydrogens (tertiary/aromatic N) is 1. The van der Waals surface area contributed by atoms with E-state index in [9.17, 15) is 4.79 Å². The molecule has 18 heavy (non-hydrogen) atoms. The Labute approximate surface area is 112 Å². The second kappa shape index (κ2) is 5.32. The third kappa shape index (κ3) is 2.77. The van der Waals surface area contributed by atoms with E-state index in [1.807, 2.05) is 24.3 Å². The lowest BCUT2D eigenvalue weighted by Gasteiger charge is -2.03. The molecule has 0 spiro atoms. The van der Waals surface area contributed by atoms with Crippen molar-refractivity contribution in [2.75, 3.05) is 0 Å². The van der Waals surface area contributed by atoms with E-state index < -0.39 is 12.0 Å². The number of halogens is 1. The second-order valence-electron chi connectivity index (χ2n) is 3.87. The number of hydrogen-bond donors (Lipinski definition) is 3. The maximum atomic E-state index is 10.7. The maximum Gasteiger partial charge on any atom is 0.320 e. The van der Waals surface area contributed by atoms with Crippen molar-refractivity contribution in [1.82, 2.24) is 9.97 Å². The first-order valence-corrected chi connectivity index (χ1v) is 6.14. The first kappa shape index (κ1) is 12.8. The molecular formula is C12H12BrN3O2. The van der Waals surface area contributed by atoms with Gasteiger partial charge < -0.3 is 15.8 Å². The van der Waals surface area contributed by atoms with Crippen LogP contribution in [0.3, 0.4) is 0 Å². The highest BCUT2D eigenvalue weighted by atomic mass is 79.9. The molecule has 1 aromatic carbocycles. The van der Waals surface area contributed by atoms with Crippen LogP contribution in [-0.4, -0.2) is 27.1 Å². The van der Waals surface area contributed by atoms with Gasteiger partial charge in [0, 0.05) is 16.5 Å². The van der Waals surface area contributed by atoms with E-state index in [1.54, 1.807) is 6.20 Å². The van der Waals surface area contributed by atoms with Crippen LogP contribution in [-0.2, 0) is 11.2 Å². The molecule has 0 amide bonds. The number of carboxylic acids is 1. The Morgan fingerprint density at radius 1 is 1.50 bits per heavy atom. The van der Waals surface area contributed by atoms with Gasteiger partial charge in [0.05, 0.1) is 11.9 Å². The highest BCUT2D eigenvalue weighted by Gasteiger charge is 2.14. The van der Waals surface area contributed by atoms with Crippen molar-refractivity contribution in [2.24, 2.45) is 5.73 Å². The fraction of sp³-hybridized carbons (Fsp3) is 0.167. The van der Waals surface area contributed by atoms with Gasteiger partial charge in [-0.2, -0.15) is 0 Å². The average molecular weight is 310 g/mol. The van der Waals surface area contributed by atoms with Gasteiger partial charge in [0.1, 0.15) is 11.9 Å². The number of benzene rings is 1. The van der Waals surface area contributed by atoms with Crippen LogP contribution in [0.4, 0.5) is 0 Å². The Morgan fingerprint density at radius 2 is 2.22 bits per heavy atom. The molecule has 6 heteroatoms. The summed E-state index contributed by atoms with van der Waals surface area (Å²) in [7, 11) is 0. The van der Waals surface area contributed by atoms with Crippen LogP contribution in [0.1, 0.15) is 5.82 Å². The van der Waals surface area contributed by atoms with Crippen molar-refractivity contribution < 1.29 is 9.90 Å². The van der Waals surface area contributed by atoms with E-state index >= 15 is 0 Å². The standard InChI is InChI=1S/C12H12BrN3O2/c13-8-4-2-1-3-7(8)10-6-15-11(16-10)5-9(14)12(17)18/h1-4,6,9H,5,14H2,(H,15,16)(H,17,18). The van der Waals surface area contributed by atoms with Crippen molar-refractivity contribution in [3.8, 4) is 11.3 Å². The molecule has 1 unspecified atom stereocenters. The summed E-state index contributed by atoms with van der Waals surface area (Å²) in [5.41, 5.74) is 7.26. The van der Waals surface area contributed by atoms with Gasteiger partial charge in [0.25, 0.3) is 0 Å². The molecule has 1 aromatic heterocycles. The summed E-state index contributed by atoms with van der Waals surface area (Å²) in [5, 5.41) is 8.74. The number of aromatic nitrogens is 2.